The normalized spacial score (nSPS) is 27.3. The van der Waals surface area contributed by atoms with Crippen LogP contribution in [0.5, 0.6) is 0 Å². The fraction of sp³-hybridized carbons (Fsp3) is 0.778. The maximum Gasteiger partial charge on any atom is 0.337 e. The average Bonchev–Trinajstić information content (AvgIpc) is 2.29. The Morgan fingerprint density at radius 2 is 2.07 bits per heavy atom. The lowest BCUT2D eigenvalue weighted by Crippen LogP contribution is -2.42. The van der Waals surface area contributed by atoms with Crippen LogP contribution in [0.25, 0.3) is 0 Å². The topological polar surface area (TPSA) is 52.6 Å². The van der Waals surface area contributed by atoms with E-state index >= 15 is 0 Å². The molecule has 80 valence electrons. The summed E-state index contributed by atoms with van der Waals surface area (Å²) < 4.78 is 10.3. The second kappa shape index (κ2) is 3.38. The minimum atomic E-state index is -1.90. The van der Waals surface area contributed by atoms with E-state index in [-0.39, 0.29) is 5.97 Å². The van der Waals surface area contributed by atoms with Gasteiger partial charge in [0.2, 0.25) is 13.9 Å². The lowest BCUT2D eigenvalue weighted by Gasteiger charge is -2.26. The van der Waals surface area contributed by atoms with Crippen molar-refractivity contribution in [2.45, 2.75) is 45.0 Å². The van der Waals surface area contributed by atoms with Crippen LogP contribution in [0.1, 0.15) is 19.8 Å². The van der Waals surface area contributed by atoms with Crippen LogP contribution in [0.3, 0.4) is 0 Å². The molecule has 1 unspecified atom stereocenters. The Hall–Kier alpha value is -0.843. The van der Waals surface area contributed by atoms with E-state index in [2.05, 4.69) is 0 Å². The molecule has 4 nitrogen and oxygen atoms in total. The highest BCUT2D eigenvalue weighted by molar-refractivity contribution is 6.71. The third-order valence-corrected chi connectivity index (χ3v) is 2.77. The molecule has 1 rings (SSSR count). The van der Waals surface area contributed by atoms with Crippen LogP contribution < -0.4 is 0 Å². The van der Waals surface area contributed by atoms with Crippen LogP contribution in [0.15, 0.2) is 0 Å². The summed E-state index contributed by atoms with van der Waals surface area (Å²) in [6.07, 6.45) is 0.729. The van der Waals surface area contributed by atoms with Crippen molar-refractivity contribution in [2.75, 3.05) is 0 Å². The molecule has 1 heterocycles. The molecule has 14 heavy (non-hydrogen) atoms. The molecule has 0 aliphatic carbocycles. The molecule has 1 aliphatic rings. The number of carbonyl (C=O) groups is 2. The van der Waals surface area contributed by atoms with Gasteiger partial charge in [-0.15, -0.1) is 0 Å². The Labute approximate surface area is 84.7 Å². The summed E-state index contributed by atoms with van der Waals surface area (Å²) in [7, 11) is -1.90. The highest BCUT2D eigenvalue weighted by Crippen LogP contribution is 2.28. The van der Waals surface area contributed by atoms with Crippen LogP contribution in [0.4, 0.5) is 0 Å². The highest BCUT2D eigenvalue weighted by Gasteiger charge is 2.45. The number of carbonyl (C=O) groups excluding carboxylic acids is 2. The van der Waals surface area contributed by atoms with Crippen molar-refractivity contribution in [1.82, 2.24) is 0 Å². The quantitative estimate of drug-likeness (QED) is 0.518. The zero-order chi connectivity index (χ0) is 11.0. The molecule has 0 N–H and O–H groups in total. The van der Waals surface area contributed by atoms with Crippen molar-refractivity contribution in [3.8, 4) is 0 Å². The average molecular weight is 216 g/mol. The molecule has 1 fully saturated rings. The standard InChI is InChI=1S/C9H16O4Si/c1-9(6-5-7(10)12-9)8(11)13-14(2,3)4/h5-6H2,1-4H3. The van der Waals surface area contributed by atoms with Crippen LogP contribution in [-0.2, 0) is 18.8 Å². The number of hydrogen-bond donors (Lipinski definition) is 0. The van der Waals surface area contributed by atoms with Gasteiger partial charge in [0.15, 0.2) is 0 Å². The molecule has 1 atom stereocenters. The number of rotatable bonds is 2. The first-order valence-electron chi connectivity index (χ1n) is 4.68. The summed E-state index contributed by atoms with van der Waals surface area (Å²) in [5.74, 6) is -0.720. The molecule has 0 aromatic rings. The number of cyclic esters (lactones) is 1. The van der Waals surface area contributed by atoms with Gasteiger partial charge >= 0.3 is 11.9 Å². The fourth-order valence-corrected chi connectivity index (χ4v) is 2.00. The lowest BCUT2D eigenvalue weighted by atomic mass is 10.0. The smallest absolute Gasteiger partial charge is 0.337 e. The van der Waals surface area contributed by atoms with Crippen LogP contribution in [0.2, 0.25) is 19.6 Å². The van der Waals surface area contributed by atoms with E-state index in [0.717, 1.165) is 0 Å². The van der Waals surface area contributed by atoms with E-state index in [1.165, 1.54) is 0 Å². The van der Waals surface area contributed by atoms with Gasteiger partial charge in [-0.2, -0.15) is 0 Å². The van der Waals surface area contributed by atoms with Crippen molar-refractivity contribution >= 4 is 20.3 Å². The van der Waals surface area contributed by atoms with Crippen molar-refractivity contribution < 1.29 is 18.8 Å². The van der Waals surface area contributed by atoms with Gasteiger partial charge in [0.05, 0.1) is 0 Å². The Kier molecular flexibility index (Phi) is 2.71. The molecular weight excluding hydrogens is 200 g/mol. The number of ether oxygens (including phenoxy) is 1. The van der Waals surface area contributed by atoms with Gasteiger partial charge in [0.1, 0.15) is 0 Å². The summed E-state index contributed by atoms with van der Waals surface area (Å²) in [4.78, 5) is 22.6. The summed E-state index contributed by atoms with van der Waals surface area (Å²) >= 11 is 0. The predicted molar refractivity (Wildman–Crippen MR) is 53.2 cm³/mol. The minimum Gasteiger partial charge on any atom is -0.517 e. The molecule has 0 radical (unpaired) electrons. The van der Waals surface area contributed by atoms with E-state index in [9.17, 15) is 9.59 Å². The molecule has 5 heteroatoms. The molecule has 0 aromatic carbocycles. The zero-order valence-electron chi connectivity index (χ0n) is 9.05. The van der Waals surface area contributed by atoms with Gasteiger partial charge in [-0.25, -0.2) is 4.79 Å². The van der Waals surface area contributed by atoms with Crippen molar-refractivity contribution in [1.29, 1.82) is 0 Å². The first-order valence-corrected chi connectivity index (χ1v) is 8.09. The Balaban J connectivity index is 2.65. The van der Waals surface area contributed by atoms with Gasteiger partial charge in [0.25, 0.3) is 0 Å². The number of esters is 1. The van der Waals surface area contributed by atoms with Gasteiger partial charge < -0.3 is 9.16 Å². The van der Waals surface area contributed by atoms with E-state index in [1.54, 1.807) is 6.92 Å². The van der Waals surface area contributed by atoms with Gasteiger partial charge in [0, 0.05) is 12.8 Å². The van der Waals surface area contributed by atoms with Crippen LogP contribution in [0, 0.1) is 0 Å². The summed E-state index contributed by atoms with van der Waals surface area (Å²) in [6, 6.07) is 0. The third kappa shape index (κ3) is 2.57. The lowest BCUT2D eigenvalue weighted by molar-refractivity contribution is -0.166. The minimum absolute atomic E-state index is 0.303. The Morgan fingerprint density at radius 3 is 2.43 bits per heavy atom. The maximum absolute atomic E-state index is 11.7. The largest absolute Gasteiger partial charge is 0.517 e. The van der Waals surface area contributed by atoms with Crippen molar-refractivity contribution in [2.24, 2.45) is 0 Å². The maximum atomic E-state index is 11.7. The molecule has 0 saturated carbocycles. The van der Waals surface area contributed by atoms with Crippen LogP contribution in [-0.4, -0.2) is 25.9 Å². The summed E-state index contributed by atoms with van der Waals surface area (Å²) in [6.45, 7) is 7.38. The fourth-order valence-electron chi connectivity index (χ4n) is 1.22. The molecule has 0 aromatic heterocycles. The summed E-state index contributed by atoms with van der Waals surface area (Å²) in [5.41, 5.74) is -1.04. The van der Waals surface area contributed by atoms with Crippen LogP contribution >= 0.6 is 0 Å². The molecule has 0 amide bonds. The van der Waals surface area contributed by atoms with E-state index in [0.29, 0.717) is 12.8 Å². The molecule has 1 aliphatic heterocycles. The second-order valence-electron chi connectivity index (χ2n) is 4.71. The predicted octanol–water partition coefficient (Wildman–Crippen LogP) is 1.46. The first kappa shape index (κ1) is 11.2. The van der Waals surface area contributed by atoms with E-state index < -0.39 is 19.9 Å². The Morgan fingerprint density at radius 1 is 1.50 bits per heavy atom. The van der Waals surface area contributed by atoms with E-state index in [1.807, 2.05) is 19.6 Å². The van der Waals surface area contributed by atoms with Gasteiger partial charge in [-0.3, -0.25) is 4.79 Å². The third-order valence-electron chi connectivity index (χ3n) is 1.98. The second-order valence-corrected chi connectivity index (χ2v) is 9.14. The van der Waals surface area contributed by atoms with Gasteiger partial charge in [-0.05, 0) is 26.6 Å². The summed E-state index contributed by atoms with van der Waals surface area (Å²) in [5, 5.41) is 0. The zero-order valence-corrected chi connectivity index (χ0v) is 10.0. The van der Waals surface area contributed by atoms with E-state index in [4.69, 9.17) is 9.16 Å². The molecular formula is C9H16O4Si. The molecule has 0 bridgehead atoms. The molecule has 1 saturated heterocycles. The first-order chi connectivity index (χ1) is 6.23. The monoisotopic (exact) mass is 216 g/mol. The molecule has 0 spiro atoms. The van der Waals surface area contributed by atoms with Crippen molar-refractivity contribution in [3.05, 3.63) is 0 Å². The highest BCUT2D eigenvalue weighted by atomic mass is 28.4. The van der Waals surface area contributed by atoms with Gasteiger partial charge in [-0.1, -0.05) is 0 Å². The van der Waals surface area contributed by atoms with Crippen molar-refractivity contribution in [3.63, 3.8) is 0 Å². The number of hydrogen-bond acceptors (Lipinski definition) is 4. The Bertz CT molecular complexity index is 268. The SMILES string of the molecule is CC1(C(=O)O[Si](C)(C)C)CCC(=O)O1.